The Morgan fingerprint density at radius 2 is 2.50 bits per heavy atom. The van der Waals surface area contributed by atoms with Crippen molar-refractivity contribution in [2.24, 2.45) is 0 Å². The zero-order valence-electron chi connectivity index (χ0n) is 8.13. The number of furan rings is 1. The molecule has 3 nitrogen and oxygen atoms in total. The van der Waals surface area contributed by atoms with Gasteiger partial charge in [-0.15, -0.1) is 0 Å². The molecule has 0 bridgehead atoms. The predicted molar refractivity (Wildman–Crippen MR) is 58.7 cm³/mol. The minimum absolute atomic E-state index is 0.0745. The molecule has 0 aromatic carbocycles. The minimum atomic E-state index is -0.0745. The average Bonchev–Trinajstić information content (AvgIpc) is 2.70. The molecule has 0 aliphatic rings. The fraction of sp³-hybridized carbons (Fsp3) is 0.500. The molecule has 0 aliphatic carbocycles. The van der Waals surface area contributed by atoms with Crippen LogP contribution in [0.1, 0.15) is 30.1 Å². The molecular formula is C10H14BrNO2. The molecule has 0 saturated heterocycles. The van der Waals surface area contributed by atoms with Gasteiger partial charge in [-0.3, -0.25) is 4.79 Å². The highest BCUT2D eigenvalue weighted by molar-refractivity contribution is 9.09. The number of carbonyl (C=O) groups is 1. The molecule has 1 unspecified atom stereocenters. The molecular weight excluding hydrogens is 246 g/mol. The molecule has 1 N–H and O–H groups in total. The Kier molecular flexibility index (Phi) is 4.73. The van der Waals surface area contributed by atoms with Crippen molar-refractivity contribution in [2.45, 2.75) is 24.6 Å². The summed E-state index contributed by atoms with van der Waals surface area (Å²) >= 11 is 3.51. The van der Waals surface area contributed by atoms with Gasteiger partial charge in [-0.05, 0) is 18.9 Å². The van der Waals surface area contributed by atoms with E-state index in [0.717, 1.165) is 12.8 Å². The molecule has 78 valence electrons. The number of amides is 1. The summed E-state index contributed by atoms with van der Waals surface area (Å²) in [6.07, 6.45) is 4.96. The van der Waals surface area contributed by atoms with Crippen molar-refractivity contribution in [3.8, 4) is 0 Å². The Bertz CT molecular complexity index is 272. The van der Waals surface area contributed by atoms with E-state index in [1.165, 1.54) is 12.5 Å². The number of nitrogens with one attached hydrogen (secondary N) is 1. The van der Waals surface area contributed by atoms with E-state index in [0.29, 0.717) is 16.9 Å². The van der Waals surface area contributed by atoms with E-state index in [1.807, 2.05) is 0 Å². The van der Waals surface area contributed by atoms with Gasteiger partial charge < -0.3 is 9.73 Å². The SMILES string of the molecule is CCC(Br)CCNC(=O)c1ccoc1. The van der Waals surface area contributed by atoms with Crippen LogP contribution in [0.15, 0.2) is 23.0 Å². The molecule has 0 saturated carbocycles. The molecule has 1 rings (SSSR count). The van der Waals surface area contributed by atoms with Crippen LogP contribution in [-0.2, 0) is 0 Å². The van der Waals surface area contributed by atoms with Gasteiger partial charge in [0, 0.05) is 11.4 Å². The van der Waals surface area contributed by atoms with Crippen LogP contribution < -0.4 is 5.32 Å². The van der Waals surface area contributed by atoms with Gasteiger partial charge in [0.05, 0.1) is 11.8 Å². The fourth-order valence-corrected chi connectivity index (χ4v) is 1.27. The van der Waals surface area contributed by atoms with E-state index in [1.54, 1.807) is 6.07 Å². The van der Waals surface area contributed by atoms with Crippen molar-refractivity contribution in [1.29, 1.82) is 0 Å². The highest BCUT2D eigenvalue weighted by atomic mass is 79.9. The number of hydrogen-bond acceptors (Lipinski definition) is 2. The van der Waals surface area contributed by atoms with E-state index < -0.39 is 0 Å². The Morgan fingerprint density at radius 3 is 3.07 bits per heavy atom. The summed E-state index contributed by atoms with van der Waals surface area (Å²) in [6.45, 7) is 2.80. The third-order valence-corrected chi connectivity index (χ3v) is 3.07. The summed E-state index contributed by atoms with van der Waals surface area (Å²) in [6, 6.07) is 1.65. The van der Waals surface area contributed by atoms with Gasteiger partial charge in [0.1, 0.15) is 6.26 Å². The summed E-state index contributed by atoms with van der Waals surface area (Å²) in [7, 11) is 0. The van der Waals surface area contributed by atoms with Crippen molar-refractivity contribution < 1.29 is 9.21 Å². The lowest BCUT2D eigenvalue weighted by Gasteiger charge is -2.06. The van der Waals surface area contributed by atoms with Gasteiger partial charge in [0.2, 0.25) is 0 Å². The monoisotopic (exact) mass is 259 g/mol. The van der Waals surface area contributed by atoms with Crippen LogP contribution >= 0.6 is 15.9 Å². The second-order valence-corrected chi connectivity index (χ2v) is 4.36. The lowest BCUT2D eigenvalue weighted by Crippen LogP contribution is -2.25. The normalized spacial score (nSPS) is 12.4. The van der Waals surface area contributed by atoms with E-state index in [4.69, 9.17) is 4.42 Å². The van der Waals surface area contributed by atoms with Crippen molar-refractivity contribution in [1.82, 2.24) is 5.32 Å². The maximum Gasteiger partial charge on any atom is 0.254 e. The van der Waals surface area contributed by atoms with Crippen molar-refractivity contribution in [2.75, 3.05) is 6.54 Å². The van der Waals surface area contributed by atoms with Gasteiger partial charge in [0.15, 0.2) is 0 Å². The summed E-state index contributed by atoms with van der Waals surface area (Å²) in [4.78, 5) is 11.9. The van der Waals surface area contributed by atoms with E-state index in [9.17, 15) is 4.79 Å². The van der Waals surface area contributed by atoms with E-state index >= 15 is 0 Å². The largest absolute Gasteiger partial charge is 0.472 e. The van der Waals surface area contributed by atoms with Crippen LogP contribution in [0, 0.1) is 0 Å². The quantitative estimate of drug-likeness (QED) is 0.827. The maximum absolute atomic E-state index is 11.4. The Morgan fingerprint density at radius 1 is 1.71 bits per heavy atom. The number of hydrogen-bond donors (Lipinski definition) is 1. The number of rotatable bonds is 5. The summed E-state index contributed by atoms with van der Waals surface area (Å²) in [5.74, 6) is -0.0745. The maximum atomic E-state index is 11.4. The molecule has 1 aromatic rings. The van der Waals surface area contributed by atoms with Crippen LogP contribution in [-0.4, -0.2) is 17.3 Å². The zero-order valence-corrected chi connectivity index (χ0v) is 9.71. The summed E-state index contributed by atoms with van der Waals surface area (Å²) in [5.41, 5.74) is 0.577. The third-order valence-electron chi connectivity index (χ3n) is 1.97. The number of carbonyl (C=O) groups excluding carboxylic acids is 1. The van der Waals surface area contributed by atoms with Crippen LogP contribution in [0.4, 0.5) is 0 Å². The van der Waals surface area contributed by atoms with Crippen LogP contribution in [0.5, 0.6) is 0 Å². The van der Waals surface area contributed by atoms with Crippen LogP contribution in [0.2, 0.25) is 0 Å². The smallest absolute Gasteiger partial charge is 0.254 e. The molecule has 0 spiro atoms. The van der Waals surface area contributed by atoms with Crippen LogP contribution in [0.25, 0.3) is 0 Å². The molecule has 14 heavy (non-hydrogen) atoms. The third kappa shape index (κ3) is 3.54. The Hall–Kier alpha value is -0.770. The van der Waals surface area contributed by atoms with Gasteiger partial charge in [-0.25, -0.2) is 0 Å². The Balaban J connectivity index is 2.23. The molecule has 0 radical (unpaired) electrons. The predicted octanol–water partition coefficient (Wildman–Crippen LogP) is 2.57. The Labute approximate surface area is 92.0 Å². The second kappa shape index (κ2) is 5.86. The van der Waals surface area contributed by atoms with Gasteiger partial charge >= 0.3 is 0 Å². The van der Waals surface area contributed by atoms with E-state index in [2.05, 4.69) is 28.2 Å². The van der Waals surface area contributed by atoms with Crippen molar-refractivity contribution in [3.05, 3.63) is 24.2 Å². The van der Waals surface area contributed by atoms with Crippen molar-refractivity contribution in [3.63, 3.8) is 0 Å². The van der Waals surface area contributed by atoms with Gasteiger partial charge in [-0.2, -0.15) is 0 Å². The fourth-order valence-electron chi connectivity index (χ4n) is 1.04. The number of alkyl halides is 1. The molecule has 1 heterocycles. The lowest BCUT2D eigenvalue weighted by atomic mass is 10.2. The van der Waals surface area contributed by atoms with Crippen molar-refractivity contribution >= 4 is 21.8 Å². The average molecular weight is 260 g/mol. The van der Waals surface area contributed by atoms with Crippen LogP contribution in [0.3, 0.4) is 0 Å². The lowest BCUT2D eigenvalue weighted by molar-refractivity contribution is 0.0952. The molecule has 0 aliphatic heterocycles. The summed E-state index contributed by atoms with van der Waals surface area (Å²) in [5, 5.41) is 2.82. The molecule has 4 heteroatoms. The minimum Gasteiger partial charge on any atom is -0.472 e. The highest BCUT2D eigenvalue weighted by Crippen LogP contribution is 2.08. The first-order chi connectivity index (χ1) is 6.74. The molecule has 0 fully saturated rings. The van der Waals surface area contributed by atoms with E-state index in [-0.39, 0.29) is 5.91 Å². The molecule has 1 aromatic heterocycles. The topological polar surface area (TPSA) is 42.2 Å². The van der Waals surface area contributed by atoms with Gasteiger partial charge in [0.25, 0.3) is 5.91 Å². The summed E-state index contributed by atoms with van der Waals surface area (Å²) < 4.78 is 4.81. The molecule has 1 amide bonds. The second-order valence-electron chi connectivity index (χ2n) is 3.06. The standard InChI is InChI=1S/C10H14BrNO2/c1-2-9(11)3-5-12-10(13)8-4-6-14-7-8/h4,6-7,9H,2-3,5H2,1H3,(H,12,13). The van der Waals surface area contributed by atoms with Gasteiger partial charge in [-0.1, -0.05) is 22.9 Å². The number of halogens is 1. The molecule has 1 atom stereocenters. The first-order valence-electron chi connectivity index (χ1n) is 4.68. The zero-order chi connectivity index (χ0) is 10.4. The first-order valence-corrected chi connectivity index (χ1v) is 5.60. The first kappa shape index (κ1) is 11.3. The highest BCUT2D eigenvalue weighted by Gasteiger charge is 2.06.